The van der Waals surface area contributed by atoms with Gasteiger partial charge in [0.25, 0.3) is 5.69 Å². The van der Waals surface area contributed by atoms with Crippen molar-refractivity contribution in [3.8, 4) is 11.5 Å². The minimum atomic E-state index is -5.20. The molecule has 2 aromatic rings. The van der Waals surface area contributed by atoms with Crippen molar-refractivity contribution in [3.63, 3.8) is 0 Å². The smallest absolute Gasteiger partial charge is 0.424 e. The van der Waals surface area contributed by atoms with Crippen LogP contribution in [0.1, 0.15) is 0 Å². The Labute approximate surface area is 147 Å². The molecule has 0 radical (unpaired) electrons. The number of carbonyl (C=O) groups excluding carboxylic acids is 1. The number of amides is 2. The largest absolute Gasteiger partial charge is 0.492 e. The molecular formula is C15H9F4N3O5. The number of anilines is 1. The standard InChI is InChI=1S/C15H9F4N3O5/c16-8-5-6-9(10(7-8)22(24)25)20-13(23)21-15(14(17,18)19)26-11-3-1-2-4-12(11)27-15/h1-7H,(H2,20,21,23). The summed E-state index contributed by atoms with van der Waals surface area (Å²) < 4.78 is 63.1. The van der Waals surface area contributed by atoms with Gasteiger partial charge in [-0.3, -0.25) is 15.4 Å². The van der Waals surface area contributed by atoms with Gasteiger partial charge in [0, 0.05) is 0 Å². The molecule has 0 bridgehead atoms. The Bertz CT molecular complexity index is 894. The number of nitro groups is 1. The molecule has 8 nitrogen and oxygen atoms in total. The summed E-state index contributed by atoms with van der Waals surface area (Å²) in [5.41, 5.74) is -1.37. The Hall–Kier alpha value is -3.57. The lowest BCUT2D eigenvalue weighted by molar-refractivity contribution is -0.384. The van der Waals surface area contributed by atoms with Crippen molar-refractivity contribution in [3.05, 3.63) is 58.4 Å². The van der Waals surface area contributed by atoms with E-state index in [4.69, 9.17) is 9.47 Å². The molecule has 2 N–H and O–H groups in total. The average molecular weight is 387 g/mol. The minimum Gasteiger partial charge on any atom is -0.424 e. The van der Waals surface area contributed by atoms with Gasteiger partial charge in [0.2, 0.25) is 0 Å². The van der Waals surface area contributed by atoms with Gasteiger partial charge in [-0.15, -0.1) is 0 Å². The molecule has 1 heterocycles. The lowest BCUT2D eigenvalue weighted by atomic mass is 10.2. The molecule has 0 aliphatic carbocycles. The monoisotopic (exact) mass is 387 g/mol. The van der Waals surface area contributed by atoms with E-state index in [0.717, 1.165) is 12.1 Å². The maximum absolute atomic E-state index is 13.5. The van der Waals surface area contributed by atoms with Crippen molar-refractivity contribution >= 4 is 17.4 Å². The van der Waals surface area contributed by atoms with Gasteiger partial charge in [0.05, 0.1) is 11.0 Å². The van der Waals surface area contributed by atoms with Crippen LogP contribution in [0.25, 0.3) is 0 Å². The highest BCUT2D eigenvalue weighted by Gasteiger charge is 2.65. The van der Waals surface area contributed by atoms with E-state index in [1.54, 1.807) is 0 Å². The van der Waals surface area contributed by atoms with Gasteiger partial charge in [-0.2, -0.15) is 13.2 Å². The van der Waals surface area contributed by atoms with Gasteiger partial charge in [-0.1, -0.05) is 12.1 Å². The van der Waals surface area contributed by atoms with E-state index < -0.39 is 40.2 Å². The lowest BCUT2D eigenvalue weighted by Crippen LogP contribution is -2.65. The van der Waals surface area contributed by atoms with Gasteiger partial charge in [-0.25, -0.2) is 9.18 Å². The number of alkyl halides is 3. The number of halogens is 4. The van der Waals surface area contributed by atoms with E-state index in [0.29, 0.717) is 6.07 Å². The summed E-state index contributed by atoms with van der Waals surface area (Å²) in [7, 11) is 0. The molecule has 0 aromatic heterocycles. The first-order chi connectivity index (χ1) is 12.6. The Morgan fingerprint density at radius 3 is 2.22 bits per heavy atom. The Morgan fingerprint density at radius 2 is 1.70 bits per heavy atom. The molecule has 12 heteroatoms. The number of nitrogens with one attached hydrogen (secondary N) is 2. The summed E-state index contributed by atoms with van der Waals surface area (Å²) in [6.07, 6.45) is -5.20. The number of nitro benzene ring substituents is 1. The number of fused-ring (bicyclic) bond motifs is 1. The van der Waals surface area contributed by atoms with Crippen LogP contribution in [-0.2, 0) is 0 Å². The summed E-state index contributed by atoms with van der Waals surface area (Å²) in [6, 6.07) is 5.81. The fourth-order valence-corrected chi connectivity index (χ4v) is 2.25. The fraction of sp³-hybridized carbons (Fsp3) is 0.133. The molecule has 0 saturated heterocycles. The third kappa shape index (κ3) is 3.41. The van der Waals surface area contributed by atoms with Crippen LogP contribution in [0, 0.1) is 15.9 Å². The molecule has 3 rings (SSSR count). The predicted octanol–water partition coefficient (Wildman–Crippen LogP) is 3.54. The summed E-state index contributed by atoms with van der Waals surface area (Å²) in [5, 5.41) is 14.2. The second-order valence-corrected chi connectivity index (χ2v) is 5.26. The molecule has 0 saturated carbocycles. The molecule has 27 heavy (non-hydrogen) atoms. The molecule has 1 aliphatic rings. The van der Waals surface area contributed by atoms with E-state index in [1.807, 2.05) is 5.32 Å². The highest BCUT2D eigenvalue weighted by molar-refractivity contribution is 5.92. The molecular weight excluding hydrogens is 378 g/mol. The molecule has 142 valence electrons. The number of para-hydroxylation sites is 2. The van der Waals surface area contributed by atoms with Crippen molar-refractivity contribution in [2.24, 2.45) is 0 Å². The van der Waals surface area contributed by atoms with Gasteiger partial charge in [0.1, 0.15) is 11.5 Å². The van der Waals surface area contributed by atoms with Crippen molar-refractivity contribution in [1.82, 2.24) is 5.32 Å². The fourth-order valence-electron chi connectivity index (χ4n) is 2.25. The molecule has 2 aromatic carbocycles. The van der Waals surface area contributed by atoms with Crippen LogP contribution in [0.15, 0.2) is 42.5 Å². The number of benzene rings is 2. The molecule has 0 unspecified atom stereocenters. The first-order valence-corrected chi connectivity index (χ1v) is 7.18. The average Bonchev–Trinajstić information content (AvgIpc) is 2.95. The van der Waals surface area contributed by atoms with Crippen LogP contribution >= 0.6 is 0 Å². The first kappa shape index (κ1) is 18.2. The summed E-state index contributed by atoms with van der Waals surface area (Å²) >= 11 is 0. The van der Waals surface area contributed by atoms with Gasteiger partial charge >= 0.3 is 18.1 Å². The highest BCUT2D eigenvalue weighted by Crippen LogP contribution is 2.44. The number of rotatable bonds is 3. The summed E-state index contributed by atoms with van der Waals surface area (Å²) in [5.74, 6) is -5.02. The number of hydrogen-bond donors (Lipinski definition) is 2. The number of urea groups is 1. The highest BCUT2D eigenvalue weighted by atomic mass is 19.4. The quantitative estimate of drug-likeness (QED) is 0.476. The summed E-state index contributed by atoms with van der Waals surface area (Å²) in [4.78, 5) is 21.9. The van der Waals surface area contributed by atoms with E-state index in [1.165, 1.54) is 29.6 Å². The minimum absolute atomic E-state index is 0.261. The zero-order chi connectivity index (χ0) is 19.8. The third-order valence-electron chi connectivity index (χ3n) is 3.41. The maximum atomic E-state index is 13.5. The van der Waals surface area contributed by atoms with Crippen LogP contribution < -0.4 is 20.1 Å². The van der Waals surface area contributed by atoms with Crippen LogP contribution in [0.4, 0.5) is 33.7 Å². The van der Waals surface area contributed by atoms with Crippen molar-refractivity contribution < 1.29 is 36.8 Å². The molecule has 0 fully saturated rings. The van der Waals surface area contributed by atoms with E-state index in [-0.39, 0.29) is 11.5 Å². The van der Waals surface area contributed by atoms with Gasteiger partial charge in [-0.05, 0) is 24.3 Å². The van der Waals surface area contributed by atoms with Crippen molar-refractivity contribution in [2.75, 3.05) is 5.32 Å². The van der Waals surface area contributed by atoms with Crippen molar-refractivity contribution in [1.29, 1.82) is 0 Å². The SMILES string of the molecule is O=C(Nc1ccc(F)cc1[N+](=O)[O-])NC1(C(F)(F)F)Oc2ccccc2O1. The second-order valence-electron chi connectivity index (χ2n) is 5.26. The lowest BCUT2D eigenvalue weighted by Gasteiger charge is -2.29. The van der Waals surface area contributed by atoms with Crippen LogP contribution in [-0.4, -0.2) is 23.0 Å². The third-order valence-corrected chi connectivity index (χ3v) is 3.41. The van der Waals surface area contributed by atoms with Crippen LogP contribution in [0.5, 0.6) is 11.5 Å². The van der Waals surface area contributed by atoms with Crippen LogP contribution in [0.2, 0.25) is 0 Å². The zero-order valence-corrected chi connectivity index (χ0v) is 13.0. The number of carbonyl (C=O) groups is 1. The van der Waals surface area contributed by atoms with Crippen molar-refractivity contribution in [2.45, 2.75) is 12.1 Å². The topological polar surface area (TPSA) is 103 Å². The number of nitrogens with zero attached hydrogens (tertiary/aromatic N) is 1. The van der Waals surface area contributed by atoms with E-state index in [2.05, 4.69) is 0 Å². The molecule has 2 amide bonds. The Balaban J connectivity index is 1.85. The van der Waals surface area contributed by atoms with Gasteiger partial charge in [0.15, 0.2) is 11.5 Å². The Morgan fingerprint density at radius 1 is 1.11 bits per heavy atom. The van der Waals surface area contributed by atoms with E-state index >= 15 is 0 Å². The summed E-state index contributed by atoms with van der Waals surface area (Å²) in [6.45, 7) is 0. The molecule has 1 aliphatic heterocycles. The normalized spacial score (nSPS) is 14.5. The van der Waals surface area contributed by atoms with Crippen LogP contribution in [0.3, 0.4) is 0 Å². The maximum Gasteiger partial charge on any atom is 0.492 e. The zero-order valence-electron chi connectivity index (χ0n) is 13.0. The van der Waals surface area contributed by atoms with E-state index in [9.17, 15) is 32.5 Å². The Kier molecular flexibility index (Phi) is 4.25. The molecule has 0 spiro atoms. The number of hydrogen-bond acceptors (Lipinski definition) is 5. The molecule has 0 atom stereocenters. The first-order valence-electron chi connectivity index (χ1n) is 7.18. The van der Waals surface area contributed by atoms with Gasteiger partial charge < -0.3 is 14.8 Å². The number of ether oxygens (including phenoxy) is 2. The predicted molar refractivity (Wildman–Crippen MR) is 81.7 cm³/mol. The second kappa shape index (κ2) is 6.30.